The van der Waals surface area contributed by atoms with E-state index in [0.29, 0.717) is 16.9 Å². The van der Waals surface area contributed by atoms with E-state index in [1.54, 1.807) is 36.7 Å². The Hall–Kier alpha value is -2.34. The van der Waals surface area contributed by atoms with Crippen molar-refractivity contribution in [2.75, 3.05) is 10.6 Å². The Morgan fingerprint density at radius 3 is 3.00 bits per heavy atom. The summed E-state index contributed by atoms with van der Waals surface area (Å²) in [5, 5.41) is 5.46. The van der Waals surface area contributed by atoms with Gasteiger partial charge in [-0.15, -0.1) is 11.8 Å². The predicted octanol–water partition coefficient (Wildman–Crippen LogP) is 2.77. The smallest absolute Gasteiger partial charge is 0.255 e. The molecule has 2 N–H and O–H groups in total. The van der Waals surface area contributed by atoms with Gasteiger partial charge in [0.15, 0.2) is 0 Å². The molecule has 0 bridgehead atoms. The second kappa shape index (κ2) is 5.57. The molecule has 3 rings (SSSR count). The molecule has 2 amide bonds. The Morgan fingerprint density at radius 1 is 1.38 bits per heavy atom. The number of aromatic nitrogens is 1. The molecule has 0 aliphatic carbocycles. The summed E-state index contributed by atoms with van der Waals surface area (Å²) in [5.74, 6) is -0.277. The maximum atomic E-state index is 12.2. The lowest BCUT2D eigenvalue weighted by molar-refractivity contribution is -0.115. The van der Waals surface area contributed by atoms with Crippen LogP contribution in [0.25, 0.3) is 0 Å². The second-order valence-corrected chi connectivity index (χ2v) is 6.04. The number of nitrogens with zero attached hydrogens (tertiary/aromatic N) is 1. The lowest BCUT2D eigenvalue weighted by atomic mass is 10.1. The number of hydrogen-bond acceptors (Lipinski definition) is 4. The van der Waals surface area contributed by atoms with Gasteiger partial charge in [0, 0.05) is 16.7 Å². The van der Waals surface area contributed by atoms with Gasteiger partial charge < -0.3 is 10.6 Å². The monoisotopic (exact) mass is 299 g/mol. The molecule has 2 heterocycles. The van der Waals surface area contributed by atoms with E-state index in [0.717, 1.165) is 4.90 Å². The van der Waals surface area contributed by atoms with E-state index in [9.17, 15) is 9.59 Å². The fraction of sp³-hybridized carbons (Fsp3) is 0.133. The average Bonchev–Trinajstić information content (AvgIpc) is 2.49. The summed E-state index contributed by atoms with van der Waals surface area (Å²) in [6, 6.07) is 8.82. The standard InChI is InChI=1S/C15H13N3O2S/c1-9-14(19)18-12-7-10(4-5-13(12)21-9)15(20)17-11-3-2-6-16-8-11/h2-9H,1H3,(H,17,20)(H,18,19)/t9-/m0/s1. The summed E-state index contributed by atoms with van der Waals surface area (Å²) in [5.41, 5.74) is 1.81. The van der Waals surface area contributed by atoms with Crippen LogP contribution in [0.5, 0.6) is 0 Å². The SMILES string of the molecule is C[C@@H]1Sc2ccc(C(=O)Nc3cccnc3)cc2NC1=O. The highest BCUT2D eigenvalue weighted by molar-refractivity contribution is 8.00. The molecule has 2 aromatic rings. The quantitative estimate of drug-likeness (QED) is 0.894. The van der Waals surface area contributed by atoms with Gasteiger partial charge >= 0.3 is 0 Å². The number of fused-ring (bicyclic) bond motifs is 1. The number of benzene rings is 1. The van der Waals surface area contributed by atoms with Crippen molar-refractivity contribution in [2.24, 2.45) is 0 Å². The highest BCUT2D eigenvalue weighted by atomic mass is 32.2. The Labute approximate surface area is 126 Å². The molecule has 0 radical (unpaired) electrons. The number of pyridine rings is 1. The minimum absolute atomic E-state index is 0.0442. The van der Waals surface area contributed by atoms with Crippen molar-refractivity contribution in [1.29, 1.82) is 0 Å². The lowest BCUT2D eigenvalue weighted by Crippen LogP contribution is -2.26. The first-order valence-electron chi connectivity index (χ1n) is 6.46. The molecular formula is C15H13N3O2S. The van der Waals surface area contributed by atoms with Gasteiger partial charge in [-0.1, -0.05) is 0 Å². The average molecular weight is 299 g/mol. The van der Waals surface area contributed by atoms with Crippen molar-refractivity contribution in [3.8, 4) is 0 Å². The van der Waals surface area contributed by atoms with E-state index in [2.05, 4.69) is 15.6 Å². The van der Waals surface area contributed by atoms with Crippen molar-refractivity contribution in [3.63, 3.8) is 0 Å². The summed E-state index contributed by atoms with van der Waals surface area (Å²) in [4.78, 5) is 28.8. The van der Waals surface area contributed by atoms with Crippen LogP contribution >= 0.6 is 11.8 Å². The number of carbonyl (C=O) groups is 2. The Morgan fingerprint density at radius 2 is 2.24 bits per heavy atom. The van der Waals surface area contributed by atoms with E-state index in [4.69, 9.17) is 0 Å². The van der Waals surface area contributed by atoms with Crippen LogP contribution in [0.2, 0.25) is 0 Å². The van der Waals surface area contributed by atoms with Crippen LogP contribution < -0.4 is 10.6 Å². The van der Waals surface area contributed by atoms with Gasteiger partial charge in [-0.2, -0.15) is 0 Å². The molecular weight excluding hydrogens is 286 g/mol. The van der Waals surface area contributed by atoms with Crippen molar-refractivity contribution in [2.45, 2.75) is 17.1 Å². The topological polar surface area (TPSA) is 71.1 Å². The third kappa shape index (κ3) is 2.90. The van der Waals surface area contributed by atoms with E-state index in [-0.39, 0.29) is 17.1 Å². The molecule has 1 aromatic heterocycles. The highest BCUT2D eigenvalue weighted by Crippen LogP contribution is 2.35. The molecule has 1 aliphatic heterocycles. The van der Waals surface area contributed by atoms with Crippen LogP contribution in [0.4, 0.5) is 11.4 Å². The first-order chi connectivity index (χ1) is 10.1. The molecule has 6 heteroatoms. The summed E-state index contributed by atoms with van der Waals surface area (Å²) >= 11 is 1.49. The first-order valence-corrected chi connectivity index (χ1v) is 7.34. The molecule has 1 atom stereocenters. The molecule has 0 saturated heterocycles. The fourth-order valence-electron chi connectivity index (χ4n) is 1.99. The van der Waals surface area contributed by atoms with Gasteiger partial charge in [0.2, 0.25) is 5.91 Å². The number of anilines is 2. The van der Waals surface area contributed by atoms with Crippen LogP contribution in [0.3, 0.4) is 0 Å². The van der Waals surface area contributed by atoms with Gasteiger partial charge in [-0.25, -0.2) is 0 Å². The fourth-order valence-corrected chi connectivity index (χ4v) is 2.92. The number of carbonyl (C=O) groups excluding carboxylic acids is 2. The summed E-state index contributed by atoms with van der Waals surface area (Å²) < 4.78 is 0. The second-order valence-electron chi connectivity index (χ2n) is 4.66. The molecule has 106 valence electrons. The Balaban J connectivity index is 1.82. The van der Waals surface area contributed by atoms with Gasteiger partial charge in [0.1, 0.15) is 0 Å². The summed E-state index contributed by atoms with van der Waals surface area (Å²) in [6.45, 7) is 1.85. The number of hydrogen-bond donors (Lipinski definition) is 2. The van der Waals surface area contributed by atoms with Crippen molar-refractivity contribution in [1.82, 2.24) is 4.98 Å². The van der Waals surface area contributed by atoms with E-state index in [1.807, 2.05) is 13.0 Å². The number of rotatable bonds is 2. The molecule has 0 spiro atoms. The number of nitrogens with one attached hydrogen (secondary N) is 2. The number of amides is 2. The molecule has 5 nitrogen and oxygen atoms in total. The lowest BCUT2D eigenvalue weighted by Gasteiger charge is -2.21. The summed E-state index contributed by atoms with van der Waals surface area (Å²) in [7, 11) is 0. The van der Waals surface area contributed by atoms with Crippen LogP contribution in [0.15, 0.2) is 47.6 Å². The minimum Gasteiger partial charge on any atom is -0.324 e. The zero-order valence-corrected chi connectivity index (χ0v) is 12.1. The Kier molecular flexibility index (Phi) is 3.62. The molecule has 1 aliphatic rings. The van der Waals surface area contributed by atoms with E-state index < -0.39 is 0 Å². The van der Waals surface area contributed by atoms with Gasteiger partial charge in [-0.05, 0) is 37.3 Å². The van der Waals surface area contributed by atoms with Crippen molar-refractivity contribution >= 4 is 35.0 Å². The third-order valence-corrected chi connectivity index (χ3v) is 4.27. The van der Waals surface area contributed by atoms with Crippen molar-refractivity contribution < 1.29 is 9.59 Å². The van der Waals surface area contributed by atoms with Crippen LogP contribution in [-0.4, -0.2) is 22.0 Å². The molecule has 21 heavy (non-hydrogen) atoms. The maximum Gasteiger partial charge on any atom is 0.255 e. The molecule has 0 fully saturated rings. The minimum atomic E-state index is -0.233. The van der Waals surface area contributed by atoms with E-state index >= 15 is 0 Å². The maximum absolute atomic E-state index is 12.2. The zero-order valence-electron chi connectivity index (χ0n) is 11.3. The molecule has 1 aromatic carbocycles. The normalized spacial score (nSPS) is 16.8. The van der Waals surface area contributed by atoms with Gasteiger partial charge in [0.05, 0.1) is 22.8 Å². The molecule has 0 saturated carbocycles. The summed E-state index contributed by atoms with van der Waals surface area (Å²) in [6.07, 6.45) is 3.22. The zero-order chi connectivity index (χ0) is 14.8. The third-order valence-electron chi connectivity index (χ3n) is 3.09. The van der Waals surface area contributed by atoms with Crippen molar-refractivity contribution in [3.05, 3.63) is 48.3 Å². The largest absolute Gasteiger partial charge is 0.324 e. The molecule has 0 unspecified atom stereocenters. The van der Waals surface area contributed by atoms with Gasteiger partial charge in [0.25, 0.3) is 5.91 Å². The van der Waals surface area contributed by atoms with Crippen LogP contribution in [0.1, 0.15) is 17.3 Å². The first kappa shape index (κ1) is 13.6. The van der Waals surface area contributed by atoms with Gasteiger partial charge in [-0.3, -0.25) is 14.6 Å². The van der Waals surface area contributed by atoms with E-state index in [1.165, 1.54) is 11.8 Å². The Bertz CT molecular complexity index is 703. The van der Waals surface area contributed by atoms with Crippen LogP contribution in [-0.2, 0) is 4.79 Å². The van der Waals surface area contributed by atoms with Crippen LogP contribution in [0, 0.1) is 0 Å². The predicted molar refractivity (Wildman–Crippen MR) is 82.6 cm³/mol. The number of thioether (sulfide) groups is 1. The highest BCUT2D eigenvalue weighted by Gasteiger charge is 2.23.